The van der Waals surface area contributed by atoms with Gasteiger partial charge in [0.05, 0.1) is 0 Å². The fourth-order valence-corrected chi connectivity index (χ4v) is 3.06. The van der Waals surface area contributed by atoms with Crippen LogP contribution in [0.4, 0.5) is 4.79 Å². The molecule has 1 saturated heterocycles. The fourth-order valence-electron chi connectivity index (χ4n) is 3.06. The van der Waals surface area contributed by atoms with Gasteiger partial charge in [-0.2, -0.15) is 0 Å². The molecule has 0 bridgehead atoms. The Morgan fingerprint density at radius 3 is 2.24 bits per heavy atom. The lowest BCUT2D eigenvalue weighted by Gasteiger charge is -2.24. The summed E-state index contributed by atoms with van der Waals surface area (Å²) in [5.74, 6) is -0.683. The molecular weight excluding hydrogens is 316 g/mol. The number of carbonyl (C=O) groups is 3. The Morgan fingerprint density at radius 2 is 1.64 bits per heavy atom. The molecule has 1 aliphatic rings. The first-order valence-electron chi connectivity index (χ1n) is 8.17. The average Bonchev–Trinajstić information content (AvgIpc) is 2.85. The highest BCUT2D eigenvalue weighted by molar-refractivity contribution is 6.12. The third-order valence-electron chi connectivity index (χ3n) is 4.68. The summed E-state index contributed by atoms with van der Waals surface area (Å²) >= 11 is 0. The molecule has 5 heteroatoms. The van der Waals surface area contributed by atoms with Crippen LogP contribution in [0.5, 0.6) is 0 Å². The van der Waals surface area contributed by atoms with Gasteiger partial charge in [0.2, 0.25) is 0 Å². The van der Waals surface area contributed by atoms with E-state index in [4.69, 9.17) is 0 Å². The number of nitrogens with zero attached hydrogens (tertiary/aromatic N) is 1. The van der Waals surface area contributed by atoms with E-state index < -0.39 is 23.5 Å². The Hall–Kier alpha value is -2.95. The summed E-state index contributed by atoms with van der Waals surface area (Å²) in [5, 5.41) is 2.73. The summed E-state index contributed by atoms with van der Waals surface area (Å²) in [6.07, 6.45) is 0. The number of Topliss-reactive ketones (excluding diaryl/α,β-unsaturated/α-hetero) is 1. The number of benzene rings is 2. The monoisotopic (exact) mass is 336 g/mol. The minimum absolute atomic E-state index is 0.263. The Balaban J connectivity index is 1.90. The number of rotatable bonds is 4. The van der Waals surface area contributed by atoms with Gasteiger partial charge in [-0.1, -0.05) is 60.2 Å². The van der Waals surface area contributed by atoms with Gasteiger partial charge < -0.3 is 5.32 Å². The maximum absolute atomic E-state index is 13.0. The van der Waals surface area contributed by atoms with E-state index in [2.05, 4.69) is 5.32 Å². The number of carbonyl (C=O) groups excluding carboxylic acids is 3. The van der Waals surface area contributed by atoms with Gasteiger partial charge in [-0.05, 0) is 26.3 Å². The van der Waals surface area contributed by atoms with E-state index in [0.29, 0.717) is 11.1 Å². The van der Waals surface area contributed by atoms with Crippen LogP contribution in [0.3, 0.4) is 0 Å². The molecule has 0 radical (unpaired) electrons. The second-order valence-electron chi connectivity index (χ2n) is 6.50. The maximum atomic E-state index is 13.0. The van der Waals surface area contributed by atoms with Gasteiger partial charge >= 0.3 is 6.03 Å². The zero-order valence-corrected chi connectivity index (χ0v) is 14.4. The van der Waals surface area contributed by atoms with Crippen molar-refractivity contribution in [3.05, 3.63) is 71.3 Å². The van der Waals surface area contributed by atoms with Crippen molar-refractivity contribution in [1.29, 1.82) is 0 Å². The van der Waals surface area contributed by atoms with Crippen molar-refractivity contribution >= 4 is 17.7 Å². The molecule has 0 saturated carbocycles. The van der Waals surface area contributed by atoms with E-state index in [1.165, 1.54) is 0 Å². The van der Waals surface area contributed by atoms with Crippen LogP contribution in [0, 0.1) is 6.92 Å². The molecule has 1 fully saturated rings. The molecule has 5 nitrogen and oxygen atoms in total. The number of hydrogen-bond acceptors (Lipinski definition) is 3. The number of imide groups is 1. The van der Waals surface area contributed by atoms with Crippen LogP contribution >= 0.6 is 0 Å². The SMILES string of the molecule is Cc1ccc(C(=O)[C@H](C)N2C(=O)N[C@@](C)(c3ccccc3)C2=O)cc1. The highest BCUT2D eigenvalue weighted by Gasteiger charge is 2.51. The van der Waals surface area contributed by atoms with Crippen molar-refractivity contribution in [2.45, 2.75) is 32.4 Å². The molecule has 1 aliphatic heterocycles. The summed E-state index contributed by atoms with van der Waals surface area (Å²) < 4.78 is 0. The van der Waals surface area contributed by atoms with Crippen molar-refractivity contribution in [1.82, 2.24) is 10.2 Å². The predicted molar refractivity (Wildman–Crippen MR) is 94.1 cm³/mol. The van der Waals surface area contributed by atoms with Crippen LogP contribution in [0.15, 0.2) is 54.6 Å². The van der Waals surface area contributed by atoms with Gasteiger partial charge in [0.1, 0.15) is 11.6 Å². The fraction of sp³-hybridized carbons (Fsp3) is 0.250. The first-order valence-corrected chi connectivity index (χ1v) is 8.17. The minimum Gasteiger partial charge on any atom is -0.319 e. The van der Waals surface area contributed by atoms with E-state index in [-0.39, 0.29) is 5.78 Å². The molecule has 3 amide bonds. The molecule has 1 N–H and O–H groups in total. The second-order valence-corrected chi connectivity index (χ2v) is 6.50. The Labute approximate surface area is 146 Å². The minimum atomic E-state index is -1.17. The summed E-state index contributed by atoms with van der Waals surface area (Å²) in [6, 6.07) is 14.7. The lowest BCUT2D eigenvalue weighted by molar-refractivity contribution is -0.131. The molecule has 2 aromatic carbocycles. The number of nitrogens with one attached hydrogen (secondary N) is 1. The Bertz CT molecular complexity index is 830. The zero-order valence-electron chi connectivity index (χ0n) is 14.4. The van der Waals surface area contributed by atoms with Crippen LogP contribution in [0.25, 0.3) is 0 Å². The van der Waals surface area contributed by atoms with Crippen molar-refractivity contribution in [3.8, 4) is 0 Å². The normalized spacial score (nSPS) is 21.2. The van der Waals surface area contributed by atoms with Gasteiger partial charge in [0.15, 0.2) is 5.78 Å². The number of urea groups is 1. The van der Waals surface area contributed by atoms with Gasteiger partial charge in [-0.15, -0.1) is 0 Å². The molecule has 0 aliphatic carbocycles. The standard InChI is InChI=1S/C20H20N2O3/c1-13-9-11-15(12-10-13)17(23)14(2)22-18(24)20(3,21-19(22)25)16-7-5-4-6-8-16/h4-12,14H,1-3H3,(H,21,25)/t14-,20-/m0/s1. The van der Waals surface area contributed by atoms with Crippen LogP contribution < -0.4 is 5.32 Å². The number of hydrogen-bond donors (Lipinski definition) is 1. The molecule has 25 heavy (non-hydrogen) atoms. The van der Waals surface area contributed by atoms with Crippen LogP contribution in [0.1, 0.15) is 35.3 Å². The third kappa shape index (κ3) is 2.82. The lowest BCUT2D eigenvalue weighted by Crippen LogP contribution is -2.45. The molecule has 1 heterocycles. The summed E-state index contributed by atoms with van der Waals surface area (Å²) in [4.78, 5) is 39.1. The summed E-state index contributed by atoms with van der Waals surface area (Å²) in [5.41, 5.74) is 1.04. The molecule has 0 spiro atoms. The van der Waals surface area contributed by atoms with E-state index >= 15 is 0 Å². The van der Waals surface area contributed by atoms with Crippen molar-refractivity contribution in [2.24, 2.45) is 0 Å². The Kier molecular flexibility index (Phi) is 4.17. The number of amides is 3. The van der Waals surface area contributed by atoms with Crippen LogP contribution in [-0.4, -0.2) is 28.7 Å². The Morgan fingerprint density at radius 1 is 1.04 bits per heavy atom. The van der Waals surface area contributed by atoms with E-state index in [9.17, 15) is 14.4 Å². The van der Waals surface area contributed by atoms with E-state index in [1.807, 2.05) is 37.3 Å². The first-order chi connectivity index (χ1) is 11.8. The summed E-state index contributed by atoms with van der Waals surface area (Å²) in [7, 11) is 0. The molecule has 2 atom stereocenters. The number of aryl methyl sites for hydroxylation is 1. The van der Waals surface area contributed by atoms with Crippen molar-refractivity contribution in [3.63, 3.8) is 0 Å². The second kappa shape index (κ2) is 6.16. The quantitative estimate of drug-likeness (QED) is 0.689. The predicted octanol–water partition coefficient (Wildman–Crippen LogP) is 3.03. The van der Waals surface area contributed by atoms with Crippen molar-refractivity contribution < 1.29 is 14.4 Å². The van der Waals surface area contributed by atoms with Crippen LogP contribution in [-0.2, 0) is 10.3 Å². The molecule has 3 rings (SSSR count). The smallest absolute Gasteiger partial charge is 0.319 e. The molecule has 2 aromatic rings. The van der Waals surface area contributed by atoms with Gasteiger partial charge in [-0.3, -0.25) is 14.5 Å². The zero-order chi connectivity index (χ0) is 18.2. The van der Waals surface area contributed by atoms with E-state index in [1.54, 1.807) is 38.1 Å². The van der Waals surface area contributed by atoms with Gasteiger partial charge in [0, 0.05) is 5.56 Å². The third-order valence-corrected chi connectivity index (χ3v) is 4.68. The lowest BCUT2D eigenvalue weighted by atomic mass is 9.91. The average molecular weight is 336 g/mol. The topological polar surface area (TPSA) is 66.5 Å². The van der Waals surface area contributed by atoms with Gasteiger partial charge in [-0.25, -0.2) is 4.79 Å². The highest BCUT2D eigenvalue weighted by Crippen LogP contribution is 2.30. The molecule has 0 unspecified atom stereocenters. The van der Waals surface area contributed by atoms with Crippen molar-refractivity contribution in [2.75, 3.05) is 0 Å². The largest absolute Gasteiger partial charge is 0.325 e. The molecular formula is C20H20N2O3. The summed E-state index contributed by atoms with van der Waals surface area (Å²) in [6.45, 7) is 5.17. The van der Waals surface area contributed by atoms with E-state index in [0.717, 1.165) is 10.5 Å². The van der Waals surface area contributed by atoms with Crippen LogP contribution in [0.2, 0.25) is 0 Å². The molecule has 128 valence electrons. The van der Waals surface area contributed by atoms with Gasteiger partial charge in [0.25, 0.3) is 5.91 Å². The number of ketones is 1. The maximum Gasteiger partial charge on any atom is 0.325 e. The molecule has 0 aromatic heterocycles. The first kappa shape index (κ1) is 16.9. The highest BCUT2D eigenvalue weighted by atomic mass is 16.2.